The molecule has 3 N–H and O–H groups in total. The van der Waals surface area contributed by atoms with Crippen molar-refractivity contribution < 1.29 is 23.4 Å². The third-order valence-electron chi connectivity index (χ3n) is 2.08. The van der Waals surface area contributed by atoms with Gasteiger partial charge in [-0.25, -0.2) is 8.42 Å². The highest BCUT2D eigenvalue weighted by Crippen LogP contribution is 2.14. The number of aliphatic carboxylic acids is 1. The molecule has 0 saturated carbocycles. The van der Waals surface area contributed by atoms with Gasteiger partial charge < -0.3 is 10.2 Å². The number of hydrogen-bond acceptors (Lipinski definition) is 5. The van der Waals surface area contributed by atoms with E-state index >= 15 is 0 Å². The normalized spacial score (nSPS) is 12.7. The molecule has 0 fully saturated rings. The molecule has 8 heteroatoms. The summed E-state index contributed by atoms with van der Waals surface area (Å²) in [6, 6.07) is 5.41. The third-order valence-corrected chi connectivity index (χ3v) is 3.60. The van der Waals surface area contributed by atoms with E-state index in [0.717, 1.165) is 0 Å². The summed E-state index contributed by atoms with van der Waals surface area (Å²) in [5.74, 6) is -1.50. The molecule has 0 bridgehead atoms. The number of aliphatic hydroxyl groups excluding tert-OH is 1. The molecule has 1 atom stereocenters. The molecule has 0 aromatic heterocycles. The van der Waals surface area contributed by atoms with Crippen LogP contribution in [0.2, 0.25) is 0 Å². The number of nitrogens with zero attached hydrogens (tertiary/aromatic N) is 1. The van der Waals surface area contributed by atoms with Crippen molar-refractivity contribution in [3.05, 3.63) is 29.8 Å². The minimum Gasteiger partial charge on any atom is -0.480 e. The Morgan fingerprint density at radius 1 is 1.44 bits per heavy atom. The number of nitrogens with one attached hydrogen (secondary N) is 1. The Morgan fingerprint density at radius 3 is 2.56 bits per heavy atom. The van der Waals surface area contributed by atoms with E-state index in [0.29, 0.717) is 0 Å². The van der Waals surface area contributed by atoms with Crippen LogP contribution in [0.4, 0.5) is 0 Å². The van der Waals surface area contributed by atoms with Crippen LogP contribution in [0.3, 0.4) is 0 Å². The van der Waals surface area contributed by atoms with Gasteiger partial charge in [0, 0.05) is 0 Å². The summed E-state index contributed by atoms with van der Waals surface area (Å²) < 4.78 is 25.5. The topological polar surface area (TPSA) is 127 Å². The van der Waals surface area contributed by atoms with Crippen LogP contribution < -0.4 is 4.72 Å². The van der Waals surface area contributed by atoms with Crippen molar-refractivity contribution in [2.24, 2.45) is 0 Å². The van der Waals surface area contributed by atoms with Gasteiger partial charge in [-0.2, -0.15) is 9.98 Å². The van der Waals surface area contributed by atoms with Crippen LogP contribution in [0.5, 0.6) is 0 Å². The van der Waals surface area contributed by atoms with Crippen LogP contribution in [-0.2, 0) is 14.8 Å². The fraction of sp³-hybridized carbons (Fsp3) is 0.200. The first-order valence-electron chi connectivity index (χ1n) is 4.77. The number of carboxylic acid groups (broad SMARTS) is 1. The van der Waals surface area contributed by atoms with E-state index < -0.39 is 28.6 Å². The van der Waals surface area contributed by atoms with Gasteiger partial charge in [-0.05, 0) is 12.1 Å². The first-order chi connectivity index (χ1) is 8.42. The standard InChI is InChI=1S/C10H10N2O5S/c11-5-7-3-1-2-4-9(7)18(16,17)12-8(6-13)10(14)15/h1-4,8,12-13H,6H2,(H,14,15)/t8-/m0/s1. The zero-order valence-corrected chi connectivity index (χ0v) is 9.88. The molecule has 0 aliphatic carbocycles. The van der Waals surface area contributed by atoms with Gasteiger partial charge in [0.05, 0.1) is 17.1 Å². The maximum Gasteiger partial charge on any atom is 0.324 e. The number of carbonyl (C=O) groups is 1. The maximum atomic E-state index is 11.8. The lowest BCUT2D eigenvalue weighted by atomic mass is 10.2. The van der Waals surface area contributed by atoms with Gasteiger partial charge in [-0.3, -0.25) is 4.79 Å². The fourth-order valence-corrected chi connectivity index (χ4v) is 2.55. The number of aliphatic hydroxyl groups is 1. The molecule has 1 aromatic rings. The lowest BCUT2D eigenvalue weighted by Crippen LogP contribution is -2.43. The molecular formula is C10H10N2O5S. The molecule has 0 unspecified atom stereocenters. The van der Waals surface area contributed by atoms with Crippen LogP contribution in [0.15, 0.2) is 29.2 Å². The molecule has 0 aliphatic heterocycles. The molecule has 0 aliphatic rings. The minimum absolute atomic E-state index is 0.105. The van der Waals surface area contributed by atoms with Gasteiger partial charge in [-0.15, -0.1) is 0 Å². The van der Waals surface area contributed by atoms with Crippen LogP contribution in [0, 0.1) is 11.3 Å². The van der Waals surface area contributed by atoms with Crippen LogP contribution in [0.1, 0.15) is 5.56 Å². The molecule has 1 rings (SSSR count). The number of hydrogen-bond donors (Lipinski definition) is 3. The molecule has 0 heterocycles. The van der Waals surface area contributed by atoms with Crippen molar-refractivity contribution in [1.29, 1.82) is 5.26 Å². The Labute approximate surface area is 103 Å². The zero-order valence-electron chi connectivity index (χ0n) is 9.07. The molecule has 18 heavy (non-hydrogen) atoms. The molecule has 96 valence electrons. The first-order valence-corrected chi connectivity index (χ1v) is 6.26. The van der Waals surface area contributed by atoms with Crippen LogP contribution in [-0.4, -0.2) is 37.2 Å². The molecule has 0 saturated heterocycles. The Morgan fingerprint density at radius 2 is 2.06 bits per heavy atom. The maximum absolute atomic E-state index is 11.8. The van der Waals surface area contributed by atoms with Crippen molar-refractivity contribution in [2.75, 3.05) is 6.61 Å². The molecule has 0 radical (unpaired) electrons. The van der Waals surface area contributed by atoms with Crippen molar-refractivity contribution in [3.63, 3.8) is 0 Å². The zero-order chi connectivity index (χ0) is 13.8. The third kappa shape index (κ3) is 3.04. The molecular weight excluding hydrogens is 260 g/mol. The Kier molecular flexibility index (Phi) is 4.38. The SMILES string of the molecule is N#Cc1ccccc1S(=O)(=O)N[C@@H](CO)C(=O)O. The summed E-state index contributed by atoms with van der Waals surface area (Å²) in [5, 5.41) is 26.2. The number of carboxylic acids is 1. The van der Waals surface area contributed by atoms with E-state index in [1.54, 1.807) is 10.8 Å². The van der Waals surface area contributed by atoms with Gasteiger partial charge in [-0.1, -0.05) is 12.1 Å². The molecule has 1 aromatic carbocycles. The van der Waals surface area contributed by atoms with Crippen molar-refractivity contribution >= 4 is 16.0 Å². The van der Waals surface area contributed by atoms with Crippen molar-refractivity contribution in [2.45, 2.75) is 10.9 Å². The largest absolute Gasteiger partial charge is 0.480 e. The highest BCUT2D eigenvalue weighted by molar-refractivity contribution is 7.89. The first kappa shape index (κ1) is 14.1. The number of rotatable bonds is 5. The number of nitriles is 1. The second-order valence-corrected chi connectivity index (χ2v) is 4.99. The average Bonchev–Trinajstić information content (AvgIpc) is 2.35. The molecule has 7 nitrogen and oxygen atoms in total. The lowest BCUT2D eigenvalue weighted by molar-refractivity contribution is -0.139. The van der Waals surface area contributed by atoms with Gasteiger partial charge in [0.25, 0.3) is 0 Å². The molecule has 0 spiro atoms. The highest BCUT2D eigenvalue weighted by atomic mass is 32.2. The smallest absolute Gasteiger partial charge is 0.324 e. The van der Waals surface area contributed by atoms with E-state index in [1.165, 1.54) is 24.3 Å². The summed E-state index contributed by atoms with van der Waals surface area (Å²) in [4.78, 5) is 10.3. The van der Waals surface area contributed by atoms with E-state index in [4.69, 9.17) is 15.5 Å². The van der Waals surface area contributed by atoms with E-state index in [2.05, 4.69) is 0 Å². The van der Waals surface area contributed by atoms with Gasteiger partial charge in [0.15, 0.2) is 0 Å². The van der Waals surface area contributed by atoms with Gasteiger partial charge >= 0.3 is 5.97 Å². The minimum atomic E-state index is -4.17. The summed E-state index contributed by atoms with van der Waals surface area (Å²) in [6.45, 7) is -0.886. The second kappa shape index (κ2) is 5.59. The van der Waals surface area contributed by atoms with Gasteiger partial charge in [0.2, 0.25) is 10.0 Å². The van der Waals surface area contributed by atoms with E-state index in [1.807, 2.05) is 0 Å². The van der Waals surface area contributed by atoms with Crippen molar-refractivity contribution in [1.82, 2.24) is 4.72 Å². The summed E-state index contributed by atoms with van der Waals surface area (Å²) in [7, 11) is -4.17. The summed E-state index contributed by atoms with van der Waals surface area (Å²) in [6.07, 6.45) is 0. The molecule has 0 amide bonds. The summed E-state index contributed by atoms with van der Waals surface area (Å²) in [5.41, 5.74) is -0.105. The summed E-state index contributed by atoms with van der Waals surface area (Å²) >= 11 is 0. The van der Waals surface area contributed by atoms with Crippen LogP contribution >= 0.6 is 0 Å². The average molecular weight is 270 g/mol. The van der Waals surface area contributed by atoms with Crippen LogP contribution in [0.25, 0.3) is 0 Å². The monoisotopic (exact) mass is 270 g/mol. The Bertz CT molecular complexity index is 591. The predicted octanol–water partition coefficient (Wildman–Crippen LogP) is -0.718. The Balaban J connectivity index is 3.15. The number of sulfonamides is 1. The lowest BCUT2D eigenvalue weighted by Gasteiger charge is -2.12. The van der Waals surface area contributed by atoms with E-state index in [-0.39, 0.29) is 10.5 Å². The highest BCUT2D eigenvalue weighted by Gasteiger charge is 2.26. The Hall–Kier alpha value is -1.95. The number of benzene rings is 1. The fourth-order valence-electron chi connectivity index (χ4n) is 1.21. The van der Waals surface area contributed by atoms with E-state index in [9.17, 15) is 13.2 Å². The van der Waals surface area contributed by atoms with Gasteiger partial charge in [0.1, 0.15) is 12.1 Å². The van der Waals surface area contributed by atoms with Crippen molar-refractivity contribution in [3.8, 4) is 6.07 Å². The quantitative estimate of drug-likeness (QED) is 0.648. The second-order valence-electron chi connectivity index (χ2n) is 3.30. The predicted molar refractivity (Wildman–Crippen MR) is 60.0 cm³/mol.